The van der Waals surface area contributed by atoms with Gasteiger partial charge in [0.2, 0.25) is 5.91 Å². The predicted molar refractivity (Wildman–Crippen MR) is 62.5 cm³/mol. The molecule has 1 aliphatic rings. The Kier molecular flexibility index (Phi) is 5.69. The highest BCUT2D eigenvalue weighted by atomic mass is 16.1. The first kappa shape index (κ1) is 12.5. The van der Waals surface area contributed by atoms with Crippen LogP contribution in [0.3, 0.4) is 0 Å². The Morgan fingerprint density at radius 3 is 2.60 bits per heavy atom. The van der Waals surface area contributed by atoms with Crippen LogP contribution in [0.2, 0.25) is 0 Å². The van der Waals surface area contributed by atoms with E-state index in [-0.39, 0.29) is 11.8 Å². The highest BCUT2D eigenvalue weighted by Gasteiger charge is 2.20. The van der Waals surface area contributed by atoms with E-state index in [9.17, 15) is 4.79 Å². The zero-order valence-electron chi connectivity index (χ0n) is 9.80. The van der Waals surface area contributed by atoms with Crippen LogP contribution in [0.15, 0.2) is 0 Å². The van der Waals surface area contributed by atoms with Gasteiger partial charge < -0.3 is 11.1 Å². The fourth-order valence-electron chi connectivity index (χ4n) is 2.27. The summed E-state index contributed by atoms with van der Waals surface area (Å²) >= 11 is 0. The van der Waals surface area contributed by atoms with Gasteiger partial charge in [-0.15, -0.1) is 0 Å². The summed E-state index contributed by atoms with van der Waals surface area (Å²) in [5.41, 5.74) is 5.60. The minimum Gasteiger partial charge on any atom is -0.353 e. The van der Waals surface area contributed by atoms with Crippen molar-refractivity contribution in [3.8, 4) is 0 Å². The average Bonchev–Trinajstić information content (AvgIpc) is 2.27. The van der Waals surface area contributed by atoms with Gasteiger partial charge in [-0.05, 0) is 19.3 Å². The molecule has 3 N–H and O–H groups in total. The standard InChI is InChI=1S/C12H24N2O/c1-2-6-10(9-13)12(15)14-11-7-4-3-5-8-11/h10-11H,2-9,13H2,1H3,(H,14,15). The molecule has 3 heteroatoms. The van der Waals surface area contributed by atoms with Crippen molar-refractivity contribution in [3.05, 3.63) is 0 Å². The Balaban J connectivity index is 2.31. The largest absolute Gasteiger partial charge is 0.353 e. The molecule has 1 aliphatic carbocycles. The van der Waals surface area contributed by atoms with Gasteiger partial charge in [0.05, 0.1) is 5.92 Å². The van der Waals surface area contributed by atoms with Crippen molar-refractivity contribution >= 4 is 5.91 Å². The minimum absolute atomic E-state index is 0.0249. The van der Waals surface area contributed by atoms with Crippen molar-refractivity contribution in [2.24, 2.45) is 11.7 Å². The van der Waals surface area contributed by atoms with E-state index in [1.54, 1.807) is 0 Å². The number of nitrogens with two attached hydrogens (primary N) is 1. The van der Waals surface area contributed by atoms with Gasteiger partial charge in [0, 0.05) is 12.6 Å². The summed E-state index contributed by atoms with van der Waals surface area (Å²) < 4.78 is 0. The molecule has 0 aromatic rings. The fourth-order valence-corrected chi connectivity index (χ4v) is 2.27. The van der Waals surface area contributed by atoms with Crippen LogP contribution in [0.25, 0.3) is 0 Å². The van der Waals surface area contributed by atoms with Gasteiger partial charge in [-0.1, -0.05) is 32.6 Å². The quantitative estimate of drug-likeness (QED) is 0.730. The third-order valence-corrected chi connectivity index (χ3v) is 3.24. The van der Waals surface area contributed by atoms with Gasteiger partial charge >= 0.3 is 0 Å². The molecule has 1 amide bonds. The zero-order chi connectivity index (χ0) is 11.1. The molecule has 0 aliphatic heterocycles. The number of carbonyl (C=O) groups excluding carboxylic acids is 1. The Morgan fingerprint density at radius 1 is 1.40 bits per heavy atom. The number of rotatable bonds is 5. The summed E-state index contributed by atoms with van der Waals surface area (Å²) in [4.78, 5) is 11.8. The minimum atomic E-state index is 0.0249. The Labute approximate surface area is 92.8 Å². The summed E-state index contributed by atoms with van der Waals surface area (Å²) in [6, 6.07) is 0.414. The van der Waals surface area contributed by atoms with Gasteiger partial charge in [-0.3, -0.25) is 4.79 Å². The maximum Gasteiger partial charge on any atom is 0.224 e. The molecule has 0 aromatic carbocycles. The molecule has 1 rings (SSSR count). The maximum absolute atomic E-state index is 11.8. The van der Waals surface area contributed by atoms with Gasteiger partial charge in [0.15, 0.2) is 0 Å². The molecule has 0 bridgehead atoms. The summed E-state index contributed by atoms with van der Waals surface area (Å²) in [6.45, 7) is 2.57. The van der Waals surface area contributed by atoms with Crippen LogP contribution in [0.5, 0.6) is 0 Å². The fraction of sp³-hybridized carbons (Fsp3) is 0.917. The van der Waals surface area contributed by atoms with Crippen LogP contribution in [0.4, 0.5) is 0 Å². The van der Waals surface area contributed by atoms with E-state index in [1.165, 1.54) is 19.3 Å². The highest BCUT2D eigenvalue weighted by molar-refractivity contribution is 5.79. The second-order valence-corrected chi connectivity index (χ2v) is 4.56. The van der Waals surface area contributed by atoms with Crippen LogP contribution in [-0.2, 0) is 4.79 Å². The van der Waals surface area contributed by atoms with Gasteiger partial charge in [-0.25, -0.2) is 0 Å². The normalized spacial score (nSPS) is 19.9. The third-order valence-electron chi connectivity index (χ3n) is 3.24. The monoisotopic (exact) mass is 212 g/mol. The lowest BCUT2D eigenvalue weighted by Gasteiger charge is -2.25. The van der Waals surface area contributed by atoms with Crippen LogP contribution in [0, 0.1) is 5.92 Å². The van der Waals surface area contributed by atoms with Crippen molar-refractivity contribution in [1.82, 2.24) is 5.32 Å². The molecule has 1 fully saturated rings. The van der Waals surface area contributed by atoms with Gasteiger partial charge in [0.1, 0.15) is 0 Å². The van der Waals surface area contributed by atoms with Crippen molar-refractivity contribution in [2.75, 3.05) is 6.54 Å². The molecule has 1 saturated carbocycles. The maximum atomic E-state index is 11.8. The van der Waals surface area contributed by atoms with E-state index >= 15 is 0 Å². The molecule has 88 valence electrons. The summed E-state index contributed by atoms with van der Waals surface area (Å²) in [5.74, 6) is 0.197. The van der Waals surface area contributed by atoms with E-state index in [4.69, 9.17) is 5.73 Å². The molecule has 15 heavy (non-hydrogen) atoms. The summed E-state index contributed by atoms with van der Waals surface area (Å²) in [6.07, 6.45) is 8.07. The number of hydrogen-bond donors (Lipinski definition) is 2. The smallest absolute Gasteiger partial charge is 0.224 e. The first-order chi connectivity index (χ1) is 7.27. The van der Waals surface area contributed by atoms with Crippen LogP contribution < -0.4 is 11.1 Å². The first-order valence-corrected chi connectivity index (χ1v) is 6.28. The predicted octanol–water partition coefficient (Wildman–Crippen LogP) is 1.81. The third kappa shape index (κ3) is 4.20. The topological polar surface area (TPSA) is 55.1 Å². The zero-order valence-corrected chi connectivity index (χ0v) is 9.80. The number of nitrogens with one attached hydrogen (secondary N) is 1. The second kappa shape index (κ2) is 6.83. The molecule has 3 nitrogen and oxygen atoms in total. The number of amides is 1. The Bertz CT molecular complexity index is 188. The molecule has 0 saturated heterocycles. The lowest BCUT2D eigenvalue weighted by Crippen LogP contribution is -2.42. The van der Waals surface area contributed by atoms with E-state index in [2.05, 4.69) is 12.2 Å². The Hall–Kier alpha value is -0.570. The van der Waals surface area contributed by atoms with E-state index in [0.717, 1.165) is 25.7 Å². The molecular weight excluding hydrogens is 188 g/mol. The molecule has 1 unspecified atom stereocenters. The van der Waals surface area contributed by atoms with Crippen molar-refractivity contribution in [2.45, 2.75) is 57.9 Å². The molecule has 0 aromatic heterocycles. The molecule has 0 heterocycles. The van der Waals surface area contributed by atoms with E-state index < -0.39 is 0 Å². The van der Waals surface area contributed by atoms with Crippen LogP contribution in [0.1, 0.15) is 51.9 Å². The summed E-state index contributed by atoms with van der Waals surface area (Å²) in [5, 5.41) is 3.14. The van der Waals surface area contributed by atoms with Crippen molar-refractivity contribution in [1.29, 1.82) is 0 Å². The second-order valence-electron chi connectivity index (χ2n) is 4.56. The van der Waals surface area contributed by atoms with E-state index in [1.807, 2.05) is 0 Å². The number of carbonyl (C=O) groups is 1. The summed E-state index contributed by atoms with van der Waals surface area (Å²) in [7, 11) is 0. The highest BCUT2D eigenvalue weighted by Crippen LogP contribution is 2.18. The van der Waals surface area contributed by atoms with Crippen molar-refractivity contribution < 1.29 is 4.79 Å². The van der Waals surface area contributed by atoms with Crippen LogP contribution >= 0.6 is 0 Å². The lowest BCUT2D eigenvalue weighted by molar-refractivity contribution is -0.125. The molecular formula is C12H24N2O. The first-order valence-electron chi connectivity index (χ1n) is 6.28. The number of hydrogen-bond acceptors (Lipinski definition) is 2. The Morgan fingerprint density at radius 2 is 2.07 bits per heavy atom. The molecule has 0 radical (unpaired) electrons. The molecule has 0 spiro atoms. The SMILES string of the molecule is CCCC(CN)C(=O)NC1CCCCC1. The van der Waals surface area contributed by atoms with Gasteiger partial charge in [0.25, 0.3) is 0 Å². The average molecular weight is 212 g/mol. The van der Waals surface area contributed by atoms with Crippen LogP contribution in [-0.4, -0.2) is 18.5 Å². The van der Waals surface area contributed by atoms with Gasteiger partial charge in [-0.2, -0.15) is 0 Å². The van der Waals surface area contributed by atoms with Crippen molar-refractivity contribution in [3.63, 3.8) is 0 Å². The lowest BCUT2D eigenvalue weighted by atomic mass is 9.94. The molecule has 1 atom stereocenters. The van der Waals surface area contributed by atoms with E-state index in [0.29, 0.717) is 12.6 Å².